The second kappa shape index (κ2) is 6.27. The van der Waals surface area contributed by atoms with Crippen LogP contribution in [-0.2, 0) is 10.3 Å². The van der Waals surface area contributed by atoms with Crippen molar-refractivity contribution in [3.05, 3.63) is 36.4 Å². The highest BCUT2D eigenvalue weighted by molar-refractivity contribution is 5.85. The molecule has 0 spiro atoms. The average Bonchev–Trinajstić information content (AvgIpc) is 3.32. The van der Waals surface area contributed by atoms with Crippen LogP contribution in [0.25, 0.3) is 11.0 Å². The Labute approximate surface area is 145 Å². The second-order valence-corrected chi connectivity index (χ2v) is 6.68. The number of amides is 1. The predicted octanol–water partition coefficient (Wildman–Crippen LogP) is 2.09. The number of H-pyrrole nitrogens is 1. The van der Waals surface area contributed by atoms with Crippen molar-refractivity contribution in [2.24, 2.45) is 0 Å². The van der Waals surface area contributed by atoms with Crippen molar-refractivity contribution in [3.63, 3.8) is 0 Å². The van der Waals surface area contributed by atoms with Crippen LogP contribution in [0.2, 0.25) is 0 Å². The molecule has 1 aromatic carbocycles. The Bertz CT molecular complexity index is 831. The molecule has 1 fully saturated rings. The van der Waals surface area contributed by atoms with Crippen LogP contribution in [0.4, 0.5) is 0 Å². The van der Waals surface area contributed by atoms with Crippen molar-refractivity contribution in [2.75, 3.05) is 0 Å². The number of nitrogens with one attached hydrogen (secondary N) is 2. The van der Waals surface area contributed by atoms with E-state index in [0.717, 1.165) is 49.0 Å². The number of nitrogens with zero attached hydrogens (tertiary/aromatic N) is 5. The molecular weight excluding hydrogens is 318 g/mol. The molecule has 0 saturated heterocycles. The fourth-order valence-electron chi connectivity index (χ4n) is 3.63. The summed E-state index contributed by atoms with van der Waals surface area (Å²) >= 11 is 0. The van der Waals surface area contributed by atoms with Crippen molar-refractivity contribution >= 4 is 16.9 Å². The van der Waals surface area contributed by atoms with E-state index in [9.17, 15) is 4.79 Å². The fourth-order valence-corrected chi connectivity index (χ4v) is 3.63. The summed E-state index contributed by atoms with van der Waals surface area (Å²) in [5.41, 5.74) is 1.15. The Kier molecular flexibility index (Phi) is 3.95. The summed E-state index contributed by atoms with van der Waals surface area (Å²) in [5.74, 6) is 0.699. The van der Waals surface area contributed by atoms with Crippen molar-refractivity contribution in [3.8, 4) is 0 Å². The lowest BCUT2D eigenvalue weighted by Gasteiger charge is -2.35. The number of benzene rings is 1. The number of aromatic amines is 1. The van der Waals surface area contributed by atoms with Crippen molar-refractivity contribution < 1.29 is 4.79 Å². The van der Waals surface area contributed by atoms with E-state index in [0.29, 0.717) is 0 Å². The van der Waals surface area contributed by atoms with Gasteiger partial charge in [-0.3, -0.25) is 4.79 Å². The number of carbonyl (C=O) groups excluding carboxylic acids is 1. The summed E-state index contributed by atoms with van der Waals surface area (Å²) in [5, 5.41) is 14.6. The van der Waals surface area contributed by atoms with E-state index in [1.807, 2.05) is 31.2 Å². The van der Waals surface area contributed by atoms with Crippen LogP contribution in [0.5, 0.6) is 0 Å². The third kappa shape index (κ3) is 2.77. The van der Waals surface area contributed by atoms with E-state index < -0.39 is 5.54 Å². The summed E-state index contributed by atoms with van der Waals surface area (Å²) in [6, 6.07) is 7.61. The first-order chi connectivity index (χ1) is 12.2. The van der Waals surface area contributed by atoms with Crippen LogP contribution >= 0.6 is 0 Å². The molecule has 2 aromatic heterocycles. The van der Waals surface area contributed by atoms with Gasteiger partial charge in [0.15, 0.2) is 0 Å². The third-order valence-electron chi connectivity index (χ3n) is 5.06. The molecule has 25 heavy (non-hydrogen) atoms. The lowest BCUT2D eigenvalue weighted by atomic mass is 9.81. The smallest absolute Gasteiger partial charge is 0.248 e. The zero-order valence-electron chi connectivity index (χ0n) is 14.1. The SMILES string of the molecule is C[C@@H](NC(=O)C1(n2cnnn2)CCCCC1)c1nc2ccccc2[nH]1. The van der Waals surface area contributed by atoms with Gasteiger partial charge >= 0.3 is 0 Å². The van der Waals surface area contributed by atoms with E-state index in [2.05, 4.69) is 30.8 Å². The highest BCUT2D eigenvalue weighted by Gasteiger charge is 2.43. The number of hydrogen-bond donors (Lipinski definition) is 2. The van der Waals surface area contributed by atoms with Crippen LogP contribution in [0.3, 0.4) is 0 Å². The monoisotopic (exact) mass is 339 g/mol. The first-order valence-electron chi connectivity index (χ1n) is 8.68. The fraction of sp³-hybridized carbons (Fsp3) is 0.471. The highest BCUT2D eigenvalue weighted by Crippen LogP contribution is 2.35. The molecule has 3 aromatic rings. The average molecular weight is 339 g/mol. The number of rotatable bonds is 4. The third-order valence-corrected chi connectivity index (χ3v) is 5.06. The van der Waals surface area contributed by atoms with E-state index in [-0.39, 0.29) is 11.9 Å². The number of fused-ring (bicyclic) bond motifs is 1. The normalized spacial score (nSPS) is 18.1. The number of hydrogen-bond acceptors (Lipinski definition) is 5. The van der Waals surface area contributed by atoms with Gasteiger partial charge in [-0.1, -0.05) is 31.4 Å². The van der Waals surface area contributed by atoms with Crippen LogP contribution < -0.4 is 5.32 Å². The number of aromatic nitrogens is 6. The molecule has 0 unspecified atom stereocenters. The Morgan fingerprint density at radius 1 is 1.28 bits per heavy atom. The van der Waals surface area contributed by atoms with Crippen LogP contribution in [0.15, 0.2) is 30.6 Å². The van der Waals surface area contributed by atoms with Gasteiger partial charge in [-0.05, 0) is 42.3 Å². The maximum atomic E-state index is 13.1. The van der Waals surface area contributed by atoms with Crippen LogP contribution in [-0.4, -0.2) is 36.1 Å². The summed E-state index contributed by atoms with van der Waals surface area (Å²) in [7, 11) is 0. The zero-order valence-corrected chi connectivity index (χ0v) is 14.1. The molecule has 1 atom stereocenters. The van der Waals surface area contributed by atoms with E-state index in [1.165, 1.54) is 6.33 Å². The Morgan fingerprint density at radius 2 is 2.08 bits per heavy atom. The summed E-state index contributed by atoms with van der Waals surface area (Å²) in [6.45, 7) is 1.94. The van der Waals surface area contributed by atoms with Gasteiger partial charge < -0.3 is 10.3 Å². The lowest BCUT2D eigenvalue weighted by Crippen LogP contribution is -2.51. The zero-order chi connectivity index (χ0) is 17.3. The minimum Gasteiger partial charge on any atom is -0.344 e. The highest BCUT2D eigenvalue weighted by atomic mass is 16.2. The molecule has 1 amide bonds. The molecule has 8 nitrogen and oxygen atoms in total. The van der Waals surface area contributed by atoms with Gasteiger partial charge in [0.1, 0.15) is 17.7 Å². The Balaban J connectivity index is 1.58. The molecule has 8 heteroatoms. The predicted molar refractivity (Wildman–Crippen MR) is 91.5 cm³/mol. The minimum absolute atomic E-state index is 0.0487. The molecule has 130 valence electrons. The molecule has 2 N–H and O–H groups in total. The van der Waals surface area contributed by atoms with Crippen molar-refractivity contribution in [2.45, 2.75) is 50.6 Å². The molecule has 0 bridgehead atoms. The first-order valence-corrected chi connectivity index (χ1v) is 8.68. The number of para-hydroxylation sites is 2. The summed E-state index contributed by atoms with van der Waals surface area (Å²) in [6.07, 6.45) is 6.15. The van der Waals surface area contributed by atoms with Gasteiger partial charge in [-0.25, -0.2) is 9.67 Å². The van der Waals surface area contributed by atoms with Gasteiger partial charge in [0, 0.05) is 0 Å². The Hall–Kier alpha value is -2.77. The van der Waals surface area contributed by atoms with Crippen LogP contribution in [0, 0.1) is 0 Å². The lowest BCUT2D eigenvalue weighted by molar-refractivity contribution is -0.133. The first kappa shape index (κ1) is 15.7. The van der Waals surface area contributed by atoms with Crippen molar-refractivity contribution in [1.29, 1.82) is 0 Å². The molecule has 1 saturated carbocycles. The van der Waals surface area contributed by atoms with Gasteiger partial charge in [-0.2, -0.15) is 0 Å². The van der Waals surface area contributed by atoms with Gasteiger partial charge in [0.05, 0.1) is 17.1 Å². The second-order valence-electron chi connectivity index (χ2n) is 6.68. The van der Waals surface area contributed by atoms with Crippen molar-refractivity contribution in [1.82, 2.24) is 35.5 Å². The minimum atomic E-state index is -0.706. The summed E-state index contributed by atoms with van der Waals surface area (Å²) in [4.78, 5) is 21.0. The van der Waals surface area contributed by atoms with E-state index in [4.69, 9.17) is 0 Å². The maximum Gasteiger partial charge on any atom is 0.248 e. The van der Waals surface area contributed by atoms with E-state index in [1.54, 1.807) is 4.68 Å². The quantitative estimate of drug-likeness (QED) is 0.758. The molecule has 2 heterocycles. The largest absolute Gasteiger partial charge is 0.344 e. The molecule has 4 rings (SSSR count). The Morgan fingerprint density at radius 3 is 2.80 bits per heavy atom. The molecule has 1 aliphatic rings. The van der Waals surface area contributed by atoms with E-state index >= 15 is 0 Å². The molecule has 0 radical (unpaired) electrons. The molecule has 1 aliphatic carbocycles. The van der Waals surface area contributed by atoms with Gasteiger partial charge in [0.2, 0.25) is 5.91 Å². The number of carbonyl (C=O) groups is 1. The number of tetrazole rings is 1. The molecular formula is C17H21N7O. The van der Waals surface area contributed by atoms with Crippen LogP contribution in [0.1, 0.15) is 50.9 Å². The maximum absolute atomic E-state index is 13.1. The summed E-state index contributed by atoms with van der Waals surface area (Å²) < 4.78 is 1.62. The molecule has 0 aliphatic heterocycles. The standard InChI is InChI=1S/C17H21N7O/c1-12(15-20-13-7-3-4-8-14(13)21-15)19-16(25)17(9-5-2-6-10-17)24-11-18-22-23-24/h3-4,7-8,11-12H,2,5-6,9-10H2,1H3,(H,19,25)(H,20,21)/t12-/m1/s1. The van der Waals surface area contributed by atoms with Gasteiger partial charge in [-0.15, -0.1) is 5.10 Å². The van der Waals surface area contributed by atoms with Gasteiger partial charge in [0.25, 0.3) is 0 Å². The topological polar surface area (TPSA) is 101 Å². The number of imidazole rings is 1.